The highest BCUT2D eigenvalue weighted by Crippen LogP contribution is 2.16. The van der Waals surface area contributed by atoms with Gasteiger partial charge in [-0.2, -0.15) is 5.10 Å². The van der Waals surface area contributed by atoms with Crippen LogP contribution in [-0.2, 0) is 14.8 Å². The van der Waals surface area contributed by atoms with E-state index in [1.807, 2.05) is 0 Å². The Kier molecular flexibility index (Phi) is 4.45. The van der Waals surface area contributed by atoms with Crippen LogP contribution in [0.5, 0.6) is 0 Å². The maximum absolute atomic E-state index is 12.0. The van der Waals surface area contributed by atoms with E-state index in [9.17, 15) is 8.42 Å². The van der Waals surface area contributed by atoms with Gasteiger partial charge in [-0.1, -0.05) is 0 Å². The minimum absolute atomic E-state index is 0.229. The van der Waals surface area contributed by atoms with E-state index in [0.29, 0.717) is 25.3 Å². The summed E-state index contributed by atoms with van der Waals surface area (Å²) in [6, 6.07) is 0. The predicted octanol–water partition coefficient (Wildman–Crippen LogP) is 0.375. The average molecular weight is 247 g/mol. The maximum atomic E-state index is 12.0. The third kappa shape index (κ3) is 2.81. The van der Waals surface area contributed by atoms with E-state index < -0.39 is 10.0 Å². The van der Waals surface area contributed by atoms with Gasteiger partial charge in [-0.3, -0.25) is 5.10 Å². The van der Waals surface area contributed by atoms with Crippen molar-refractivity contribution in [3.05, 3.63) is 11.9 Å². The molecule has 0 aliphatic rings. The molecule has 0 saturated heterocycles. The SMILES string of the molecule is COCCCN(C)S(=O)(=O)c1cn[nH]c1C. The highest BCUT2D eigenvalue weighted by atomic mass is 32.2. The smallest absolute Gasteiger partial charge is 0.246 e. The van der Waals surface area contributed by atoms with Crippen molar-refractivity contribution in [1.29, 1.82) is 0 Å². The molecule has 0 unspecified atom stereocenters. The number of sulfonamides is 1. The molecule has 0 fully saturated rings. The molecule has 0 aromatic carbocycles. The lowest BCUT2D eigenvalue weighted by atomic mass is 10.5. The van der Waals surface area contributed by atoms with Crippen LogP contribution in [0, 0.1) is 6.92 Å². The molecule has 1 N–H and O–H groups in total. The van der Waals surface area contributed by atoms with Gasteiger partial charge in [-0.25, -0.2) is 12.7 Å². The maximum Gasteiger partial charge on any atom is 0.246 e. The van der Waals surface area contributed by atoms with Crippen molar-refractivity contribution in [3.63, 3.8) is 0 Å². The average Bonchev–Trinajstić information content (AvgIpc) is 2.65. The molecule has 1 aromatic rings. The minimum Gasteiger partial charge on any atom is -0.385 e. The summed E-state index contributed by atoms with van der Waals surface area (Å²) in [6.07, 6.45) is 2.00. The first-order chi connectivity index (χ1) is 7.50. The summed E-state index contributed by atoms with van der Waals surface area (Å²) in [7, 11) is -0.278. The van der Waals surface area contributed by atoms with Gasteiger partial charge in [0.15, 0.2) is 0 Å². The molecule has 0 aliphatic heterocycles. The lowest BCUT2D eigenvalue weighted by Gasteiger charge is -2.16. The van der Waals surface area contributed by atoms with Crippen LogP contribution in [0.1, 0.15) is 12.1 Å². The van der Waals surface area contributed by atoms with E-state index in [0.717, 1.165) is 0 Å². The molecule has 0 amide bonds. The number of methoxy groups -OCH3 is 1. The fraction of sp³-hybridized carbons (Fsp3) is 0.667. The third-order valence-corrected chi connectivity index (χ3v) is 4.26. The number of aryl methyl sites for hydroxylation is 1. The Labute approximate surface area is 95.7 Å². The van der Waals surface area contributed by atoms with Crippen molar-refractivity contribution in [2.24, 2.45) is 0 Å². The van der Waals surface area contributed by atoms with Gasteiger partial charge in [0.1, 0.15) is 4.90 Å². The van der Waals surface area contributed by atoms with Crippen LogP contribution in [0.3, 0.4) is 0 Å². The van der Waals surface area contributed by atoms with Crippen molar-refractivity contribution < 1.29 is 13.2 Å². The molecule has 0 radical (unpaired) electrons. The van der Waals surface area contributed by atoms with Crippen molar-refractivity contribution in [2.75, 3.05) is 27.3 Å². The first-order valence-electron chi connectivity index (χ1n) is 4.95. The number of hydrogen-bond acceptors (Lipinski definition) is 4. The molecule has 0 aliphatic carbocycles. The van der Waals surface area contributed by atoms with Crippen molar-refractivity contribution >= 4 is 10.0 Å². The number of aromatic nitrogens is 2. The normalized spacial score (nSPS) is 12.2. The molecule has 16 heavy (non-hydrogen) atoms. The number of H-pyrrole nitrogens is 1. The molecule has 0 saturated carbocycles. The first-order valence-corrected chi connectivity index (χ1v) is 6.39. The summed E-state index contributed by atoms with van der Waals surface area (Å²) < 4.78 is 30.3. The quantitative estimate of drug-likeness (QED) is 0.737. The summed E-state index contributed by atoms with van der Waals surface area (Å²) in [5, 5.41) is 6.33. The molecule has 0 spiro atoms. The predicted molar refractivity (Wildman–Crippen MR) is 59.6 cm³/mol. The van der Waals surface area contributed by atoms with Crippen LogP contribution < -0.4 is 0 Å². The second-order valence-electron chi connectivity index (χ2n) is 3.53. The lowest BCUT2D eigenvalue weighted by molar-refractivity contribution is 0.189. The van der Waals surface area contributed by atoms with Crippen LogP contribution in [0.2, 0.25) is 0 Å². The topological polar surface area (TPSA) is 75.3 Å². The molecule has 6 nitrogen and oxygen atoms in total. The Morgan fingerprint density at radius 1 is 1.56 bits per heavy atom. The summed E-state index contributed by atoms with van der Waals surface area (Å²) in [5.41, 5.74) is 0.554. The number of nitrogens with one attached hydrogen (secondary N) is 1. The van der Waals surface area contributed by atoms with Gasteiger partial charge in [0, 0.05) is 27.3 Å². The van der Waals surface area contributed by atoms with Gasteiger partial charge < -0.3 is 4.74 Å². The highest BCUT2D eigenvalue weighted by molar-refractivity contribution is 7.89. The summed E-state index contributed by atoms with van der Waals surface area (Å²) >= 11 is 0. The Bertz CT molecular complexity index is 427. The zero-order chi connectivity index (χ0) is 12.2. The third-order valence-electron chi connectivity index (χ3n) is 2.29. The second-order valence-corrected chi connectivity index (χ2v) is 5.55. The fourth-order valence-corrected chi connectivity index (χ4v) is 2.64. The molecule has 92 valence electrons. The Hall–Kier alpha value is -0.920. The van der Waals surface area contributed by atoms with Crippen LogP contribution in [0.4, 0.5) is 0 Å². The van der Waals surface area contributed by atoms with E-state index in [2.05, 4.69) is 10.2 Å². The Morgan fingerprint density at radius 2 is 2.25 bits per heavy atom. The largest absolute Gasteiger partial charge is 0.385 e. The molecule has 0 bridgehead atoms. The second kappa shape index (κ2) is 5.42. The van der Waals surface area contributed by atoms with Crippen LogP contribution in [0.25, 0.3) is 0 Å². The summed E-state index contributed by atoms with van der Waals surface area (Å²) in [6.45, 7) is 2.66. The molecule has 1 heterocycles. The Balaban J connectivity index is 2.75. The number of aromatic amines is 1. The van der Waals surface area contributed by atoms with Gasteiger partial charge in [0.25, 0.3) is 0 Å². The first kappa shape index (κ1) is 13.1. The van der Waals surface area contributed by atoms with Crippen molar-refractivity contribution in [1.82, 2.24) is 14.5 Å². The Morgan fingerprint density at radius 3 is 2.75 bits per heavy atom. The van der Waals surface area contributed by atoms with Gasteiger partial charge in [-0.05, 0) is 13.3 Å². The van der Waals surface area contributed by atoms with E-state index in [1.165, 1.54) is 10.5 Å². The van der Waals surface area contributed by atoms with Crippen LogP contribution in [0.15, 0.2) is 11.1 Å². The van der Waals surface area contributed by atoms with Gasteiger partial charge >= 0.3 is 0 Å². The van der Waals surface area contributed by atoms with Gasteiger partial charge in [-0.15, -0.1) is 0 Å². The molecule has 0 atom stereocenters. The van der Waals surface area contributed by atoms with E-state index in [1.54, 1.807) is 21.1 Å². The summed E-state index contributed by atoms with van der Waals surface area (Å²) in [4.78, 5) is 0.229. The standard InChI is InChI=1S/C9H17N3O3S/c1-8-9(7-10-11-8)16(13,14)12(2)5-4-6-15-3/h7H,4-6H2,1-3H3,(H,10,11). The van der Waals surface area contributed by atoms with Gasteiger partial charge in [0.2, 0.25) is 10.0 Å². The van der Waals surface area contributed by atoms with Crippen molar-refractivity contribution in [2.45, 2.75) is 18.2 Å². The molecular weight excluding hydrogens is 230 g/mol. The minimum atomic E-state index is -3.42. The number of hydrogen-bond donors (Lipinski definition) is 1. The van der Waals surface area contributed by atoms with Crippen molar-refractivity contribution in [3.8, 4) is 0 Å². The van der Waals surface area contributed by atoms with E-state index in [-0.39, 0.29) is 4.90 Å². The van der Waals surface area contributed by atoms with E-state index >= 15 is 0 Å². The molecule has 1 aromatic heterocycles. The molecule has 1 rings (SSSR count). The van der Waals surface area contributed by atoms with Crippen LogP contribution in [-0.4, -0.2) is 50.2 Å². The molecule has 7 heteroatoms. The highest BCUT2D eigenvalue weighted by Gasteiger charge is 2.23. The molecular formula is C9H17N3O3S. The zero-order valence-electron chi connectivity index (χ0n) is 9.73. The monoisotopic (exact) mass is 247 g/mol. The zero-order valence-corrected chi connectivity index (χ0v) is 10.5. The van der Waals surface area contributed by atoms with Crippen LogP contribution >= 0.6 is 0 Å². The summed E-state index contributed by atoms with van der Waals surface area (Å²) in [5.74, 6) is 0. The fourth-order valence-electron chi connectivity index (χ4n) is 1.32. The van der Waals surface area contributed by atoms with Gasteiger partial charge in [0.05, 0.1) is 11.9 Å². The van der Waals surface area contributed by atoms with E-state index in [4.69, 9.17) is 4.74 Å². The number of nitrogens with zero attached hydrogens (tertiary/aromatic N) is 2. The number of ether oxygens (including phenoxy) is 1. The number of rotatable bonds is 6. The lowest BCUT2D eigenvalue weighted by Crippen LogP contribution is -2.28.